The lowest BCUT2D eigenvalue weighted by atomic mass is 9.80. The summed E-state index contributed by atoms with van der Waals surface area (Å²) in [5.74, 6) is -1.50. The fourth-order valence-corrected chi connectivity index (χ4v) is 7.06. The summed E-state index contributed by atoms with van der Waals surface area (Å²) in [5, 5.41) is 18.7. The Morgan fingerprint density at radius 3 is 1.83 bits per heavy atom. The summed E-state index contributed by atoms with van der Waals surface area (Å²) < 4.78 is 2.34. The summed E-state index contributed by atoms with van der Waals surface area (Å²) in [6.45, 7) is 36.5. The Kier molecular flexibility index (Phi) is 23.4. The summed E-state index contributed by atoms with van der Waals surface area (Å²) in [7, 11) is 0. The Hall–Kier alpha value is -3.90. The first kappa shape index (κ1) is 50.1. The van der Waals surface area contributed by atoms with Crippen LogP contribution in [-0.4, -0.2) is 50.4 Å². The number of hydrogen-bond donors (Lipinski definition) is 2. The lowest BCUT2D eigenvalue weighted by Crippen LogP contribution is -2.24. The highest BCUT2D eigenvalue weighted by Gasteiger charge is 2.46. The molecule has 2 aliphatic rings. The molecule has 6 nitrogen and oxygen atoms in total. The molecule has 1 fully saturated rings. The first-order chi connectivity index (χ1) is 25.4. The second-order valence-corrected chi connectivity index (χ2v) is 15.2. The van der Waals surface area contributed by atoms with Crippen LogP contribution in [-0.2, 0) is 9.59 Å². The number of rotatable bonds is 17. The van der Waals surface area contributed by atoms with Crippen molar-refractivity contribution in [2.24, 2.45) is 10.8 Å². The minimum atomic E-state index is -0.752. The number of unbranched alkanes of at least 4 members (excludes halogenated alkanes) is 4. The van der Waals surface area contributed by atoms with Gasteiger partial charge in [0, 0.05) is 65.4 Å². The van der Waals surface area contributed by atoms with Gasteiger partial charge in [0.25, 0.3) is 0 Å². The molecule has 0 aromatic heterocycles. The minimum absolute atomic E-state index is 0.193. The minimum Gasteiger partial charge on any atom is -0.481 e. The van der Waals surface area contributed by atoms with Crippen LogP contribution in [0.3, 0.4) is 0 Å². The van der Waals surface area contributed by atoms with E-state index in [0.29, 0.717) is 17.9 Å². The summed E-state index contributed by atoms with van der Waals surface area (Å²) >= 11 is 7.01. The van der Waals surface area contributed by atoms with Crippen LogP contribution in [0.25, 0.3) is 0 Å². The Morgan fingerprint density at radius 1 is 0.833 bits per heavy atom. The molecule has 2 aliphatic heterocycles. The van der Waals surface area contributed by atoms with Crippen LogP contribution >= 0.6 is 11.6 Å². The van der Waals surface area contributed by atoms with Gasteiger partial charge in [-0.05, 0) is 96.9 Å². The van der Waals surface area contributed by atoms with E-state index < -0.39 is 11.9 Å². The van der Waals surface area contributed by atoms with Crippen molar-refractivity contribution in [3.05, 3.63) is 119 Å². The molecule has 2 rings (SSSR count). The van der Waals surface area contributed by atoms with Crippen molar-refractivity contribution in [1.82, 2.24) is 4.90 Å². The van der Waals surface area contributed by atoms with Gasteiger partial charge in [-0.25, -0.2) is 0 Å². The lowest BCUT2D eigenvalue weighted by Gasteiger charge is -2.26. The Labute approximate surface area is 334 Å². The van der Waals surface area contributed by atoms with Gasteiger partial charge in [0.05, 0.1) is 5.41 Å². The maximum absolute atomic E-state index is 11.0. The molecule has 0 radical (unpaired) electrons. The quantitative estimate of drug-likeness (QED) is 0.0667. The number of carboxylic acids is 2. The average Bonchev–Trinajstić information content (AvgIpc) is 3.40. The van der Waals surface area contributed by atoms with Crippen LogP contribution in [0, 0.1) is 10.8 Å². The molecule has 0 aliphatic carbocycles. The highest BCUT2D eigenvalue weighted by molar-refractivity contribution is 6.32. The highest BCUT2D eigenvalue weighted by Crippen LogP contribution is 2.49. The number of carboxylic acid groups (broad SMARTS) is 2. The third-order valence-corrected chi connectivity index (χ3v) is 10.1. The Morgan fingerprint density at radius 2 is 1.35 bits per heavy atom. The van der Waals surface area contributed by atoms with Crippen molar-refractivity contribution in [1.29, 1.82) is 0 Å². The predicted molar refractivity (Wildman–Crippen MR) is 233 cm³/mol. The average molecular weight is 765 g/mol. The molecule has 0 spiro atoms. The Balaban J connectivity index is 0.00000437. The van der Waals surface area contributed by atoms with Crippen molar-refractivity contribution in [3.63, 3.8) is 0 Å². The highest BCUT2D eigenvalue weighted by atomic mass is 35.5. The summed E-state index contributed by atoms with van der Waals surface area (Å²) in [6, 6.07) is 0. The molecule has 1 saturated heterocycles. The van der Waals surface area contributed by atoms with E-state index in [0.717, 1.165) is 67.0 Å². The van der Waals surface area contributed by atoms with Gasteiger partial charge in [-0.15, -0.1) is 6.58 Å². The van der Waals surface area contributed by atoms with Crippen LogP contribution in [0.1, 0.15) is 134 Å². The largest absolute Gasteiger partial charge is 0.481 e. The van der Waals surface area contributed by atoms with E-state index >= 15 is 0 Å². The summed E-state index contributed by atoms with van der Waals surface area (Å²) in [4.78, 5) is 24.2. The second kappa shape index (κ2) is 25.2. The number of hydrogen-bond acceptors (Lipinski definition) is 3. The maximum Gasteiger partial charge on any atom is 0.303 e. The SMILES string of the molecule is C=C/C=C1\C(=C/C)C(C)(C)C(/C=C/C(C)=C(Cl)/C(C)=C/C=C2\N(CCCCCC(=O)O)C(=C)/C(=C\C)C2(C)C)=[N+]1CCCCCC(=O)O.C=CC.CCC. The van der Waals surface area contributed by atoms with E-state index in [-0.39, 0.29) is 23.7 Å². The predicted octanol–water partition coefficient (Wildman–Crippen LogP) is 13.1. The zero-order valence-corrected chi connectivity index (χ0v) is 36.3. The van der Waals surface area contributed by atoms with E-state index in [4.69, 9.17) is 21.8 Å². The van der Waals surface area contributed by atoms with Gasteiger partial charge in [-0.2, -0.15) is 4.58 Å². The van der Waals surface area contributed by atoms with Gasteiger partial charge in [-0.3, -0.25) is 9.59 Å². The molecular weight excluding hydrogens is 692 g/mol. The molecule has 0 amide bonds. The first-order valence-corrected chi connectivity index (χ1v) is 20.0. The van der Waals surface area contributed by atoms with Gasteiger partial charge in [-0.1, -0.05) is 102 Å². The number of likely N-dealkylation sites (tertiary alicyclic amines) is 1. The summed E-state index contributed by atoms with van der Waals surface area (Å²) in [6.07, 6.45) is 24.9. The number of carbonyl (C=O) groups is 2. The molecule has 2 N–H and O–H groups in total. The van der Waals surface area contributed by atoms with Crippen LogP contribution in [0.2, 0.25) is 0 Å². The molecule has 0 unspecified atom stereocenters. The van der Waals surface area contributed by atoms with Crippen molar-refractivity contribution in [2.45, 2.75) is 134 Å². The molecule has 7 heteroatoms. The normalized spacial score (nSPS) is 20.0. The molecule has 0 aromatic rings. The van der Waals surface area contributed by atoms with Crippen molar-refractivity contribution < 1.29 is 24.4 Å². The molecule has 2 heterocycles. The zero-order chi connectivity index (χ0) is 41.6. The van der Waals surface area contributed by atoms with E-state index in [1.54, 1.807) is 6.08 Å². The van der Waals surface area contributed by atoms with Crippen LogP contribution in [0.5, 0.6) is 0 Å². The summed E-state index contributed by atoms with van der Waals surface area (Å²) in [5.41, 5.74) is 8.31. The molecule has 54 heavy (non-hydrogen) atoms. The maximum atomic E-state index is 11.0. The van der Waals surface area contributed by atoms with Crippen LogP contribution in [0.4, 0.5) is 0 Å². The molecule has 0 atom stereocenters. The van der Waals surface area contributed by atoms with Crippen molar-refractivity contribution in [2.75, 3.05) is 13.1 Å². The number of halogens is 1. The smallest absolute Gasteiger partial charge is 0.303 e. The third kappa shape index (κ3) is 14.7. The standard InChI is InChI=1S/C41H57ClN2O4.C3H8.C3H6/c1-11-20-34-33(13-3)41(9,10)36(44(34)28-19-15-17-22-38(47)48)26-24-30(5)39(42)29(4)23-25-35-40(7,8)32(12-2)31(6)43(35)27-18-14-16-21-37(45)46;2*1-3-2/h11-13,20,23-26H,1,6,14-19,21-22,27-28H2,2-5,7-10H3,(H-,45,46,47,48);3H2,1-2H3;3H,1H2,2H3/p+1/b32-12+,33-13+,34-20+;;. The van der Waals surface area contributed by atoms with Crippen LogP contribution < -0.4 is 0 Å². The second-order valence-electron chi connectivity index (χ2n) is 14.8. The van der Waals surface area contributed by atoms with Crippen molar-refractivity contribution >= 4 is 29.3 Å². The number of nitrogens with zero attached hydrogens (tertiary/aromatic N) is 2. The first-order valence-electron chi connectivity index (χ1n) is 19.6. The van der Waals surface area contributed by atoms with Crippen LogP contribution in [0.15, 0.2) is 119 Å². The molecule has 0 bridgehead atoms. The monoisotopic (exact) mass is 764 g/mol. The van der Waals surface area contributed by atoms with E-state index in [1.165, 1.54) is 23.3 Å². The lowest BCUT2D eigenvalue weighted by molar-refractivity contribution is -0.469. The van der Waals surface area contributed by atoms with Gasteiger partial charge in [0.2, 0.25) is 5.70 Å². The topological polar surface area (TPSA) is 80.9 Å². The molecule has 300 valence electrons. The van der Waals surface area contributed by atoms with Gasteiger partial charge >= 0.3 is 11.9 Å². The third-order valence-electron chi connectivity index (χ3n) is 9.49. The van der Waals surface area contributed by atoms with E-state index in [2.05, 4.69) is 120 Å². The van der Waals surface area contributed by atoms with Gasteiger partial charge in [0.15, 0.2) is 5.71 Å². The number of aliphatic carboxylic acids is 2. The van der Waals surface area contributed by atoms with Gasteiger partial charge < -0.3 is 15.1 Å². The van der Waals surface area contributed by atoms with Crippen molar-refractivity contribution in [3.8, 4) is 0 Å². The molecule has 0 saturated carbocycles. The number of allylic oxidation sites excluding steroid dienone is 15. The zero-order valence-electron chi connectivity index (χ0n) is 35.6. The van der Waals surface area contributed by atoms with Gasteiger partial charge in [0.1, 0.15) is 6.54 Å². The Bertz CT molecular complexity index is 1570. The molecule has 0 aromatic carbocycles. The fraction of sp³-hybridized carbons (Fsp3) is 0.511. The van der Waals surface area contributed by atoms with E-state index in [9.17, 15) is 9.59 Å². The fourth-order valence-electron chi connectivity index (χ4n) is 6.93. The molecular formula is C47H72ClN2O4+. The van der Waals surface area contributed by atoms with E-state index in [1.807, 2.05) is 33.8 Å².